The Balaban J connectivity index is 2.39. The zero-order valence-corrected chi connectivity index (χ0v) is 11.1. The topological polar surface area (TPSA) is 37.3 Å². The van der Waals surface area contributed by atoms with Gasteiger partial charge >= 0.3 is 5.97 Å². The van der Waals surface area contributed by atoms with Gasteiger partial charge in [-0.1, -0.05) is 31.0 Å². The molecule has 1 N–H and O–H groups in total. The van der Waals surface area contributed by atoms with Gasteiger partial charge in [0, 0.05) is 6.08 Å². The lowest BCUT2D eigenvalue weighted by atomic mass is 9.89. The number of carboxylic acids is 1. The Morgan fingerprint density at radius 2 is 1.89 bits per heavy atom. The van der Waals surface area contributed by atoms with Crippen molar-refractivity contribution >= 4 is 11.5 Å². The number of rotatable bonds is 3. The van der Waals surface area contributed by atoms with E-state index in [2.05, 4.69) is 32.0 Å². The van der Waals surface area contributed by atoms with Crippen LogP contribution < -0.4 is 0 Å². The zero-order valence-electron chi connectivity index (χ0n) is 11.1. The van der Waals surface area contributed by atoms with Gasteiger partial charge in [-0.05, 0) is 54.9 Å². The fraction of sp³-hybridized carbons (Fsp3) is 0.438. The van der Waals surface area contributed by atoms with Crippen LogP contribution in [0.3, 0.4) is 0 Å². The minimum atomic E-state index is -0.838. The van der Waals surface area contributed by atoms with Crippen molar-refractivity contribution in [1.29, 1.82) is 0 Å². The molecule has 0 bridgehead atoms. The molecule has 1 fully saturated rings. The Morgan fingerprint density at radius 1 is 1.22 bits per heavy atom. The third-order valence-electron chi connectivity index (χ3n) is 3.91. The summed E-state index contributed by atoms with van der Waals surface area (Å²) in [5.74, 6) is -0.418. The first-order chi connectivity index (χ1) is 8.58. The molecule has 0 atom stereocenters. The third-order valence-corrected chi connectivity index (χ3v) is 3.91. The molecule has 0 aromatic heterocycles. The van der Waals surface area contributed by atoms with Crippen molar-refractivity contribution in [2.45, 2.75) is 39.5 Å². The minimum absolute atomic E-state index is 0.420. The first-order valence-corrected chi connectivity index (χ1v) is 6.60. The van der Waals surface area contributed by atoms with Gasteiger partial charge in [0.15, 0.2) is 0 Å². The minimum Gasteiger partial charge on any atom is -0.478 e. The highest BCUT2D eigenvalue weighted by Gasteiger charge is 2.21. The number of hydrogen-bond acceptors (Lipinski definition) is 1. The lowest BCUT2D eigenvalue weighted by Gasteiger charge is -2.15. The van der Waals surface area contributed by atoms with Gasteiger partial charge in [-0.15, -0.1) is 0 Å². The van der Waals surface area contributed by atoms with Gasteiger partial charge in [0.1, 0.15) is 0 Å². The van der Waals surface area contributed by atoms with Crippen molar-refractivity contribution in [2.24, 2.45) is 5.92 Å². The Bertz CT molecular complexity index is 480. The molecule has 0 aliphatic heterocycles. The maximum Gasteiger partial charge on any atom is 0.328 e. The Morgan fingerprint density at radius 3 is 2.44 bits per heavy atom. The van der Waals surface area contributed by atoms with Crippen LogP contribution in [0.1, 0.15) is 42.4 Å². The molecular weight excluding hydrogens is 224 g/mol. The molecule has 2 heteroatoms. The van der Waals surface area contributed by atoms with Crippen LogP contribution >= 0.6 is 0 Å². The molecule has 0 heterocycles. The van der Waals surface area contributed by atoms with Gasteiger partial charge < -0.3 is 5.11 Å². The van der Waals surface area contributed by atoms with E-state index in [1.165, 1.54) is 30.0 Å². The molecule has 0 amide bonds. The monoisotopic (exact) mass is 244 g/mol. The predicted molar refractivity (Wildman–Crippen MR) is 73.5 cm³/mol. The number of carboxylic acid groups (broad SMARTS) is 1. The summed E-state index contributed by atoms with van der Waals surface area (Å²) in [4.78, 5) is 11.0. The Kier molecular flexibility index (Phi) is 3.85. The second kappa shape index (κ2) is 5.38. The predicted octanol–water partition coefficient (Wildman–Crippen LogP) is 3.96. The lowest BCUT2D eigenvalue weighted by Crippen LogP contribution is -2.02. The summed E-state index contributed by atoms with van der Waals surface area (Å²) in [7, 11) is 0. The van der Waals surface area contributed by atoms with E-state index >= 15 is 0 Å². The number of aryl methyl sites for hydroxylation is 2. The van der Waals surface area contributed by atoms with E-state index in [1.54, 1.807) is 0 Å². The van der Waals surface area contributed by atoms with Crippen molar-refractivity contribution in [3.63, 3.8) is 0 Å². The molecule has 1 aliphatic rings. The second-order valence-electron chi connectivity index (χ2n) is 5.22. The fourth-order valence-corrected chi connectivity index (χ4v) is 2.73. The van der Waals surface area contributed by atoms with E-state index in [-0.39, 0.29) is 0 Å². The largest absolute Gasteiger partial charge is 0.478 e. The molecule has 0 unspecified atom stereocenters. The molecule has 1 saturated carbocycles. The van der Waals surface area contributed by atoms with Crippen LogP contribution in [0.15, 0.2) is 24.3 Å². The van der Waals surface area contributed by atoms with E-state index in [1.807, 2.05) is 0 Å². The van der Waals surface area contributed by atoms with Crippen LogP contribution in [0.4, 0.5) is 0 Å². The molecule has 2 nitrogen and oxygen atoms in total. The van der Waals surface area contributed by atoms with Gasteiger partial charge in [-0.3, -0.25) is 0 Å². The average molecular weight is 244 g/mol. The lowest BCUT2D eigenvalue weighted by molar-refractivity contribution is -0.131. The molecule has 96 valence electrons. The number of benzene rings is 1. The van der Waals surface area contributed by atoms with Gasteiger partial charge in [0.2, 0.25) is 0 Å². The molecule has 1 aliphatic carbocycles. The summed E-state index contributed by atoms with van der Waals surface area (Å²) in [6.45, 7) is 4.15. The SMILES string of the molecule is Cc1ccc(/C(=C/C(=O)O)C2CCCC2)cc1C. The first kappa shape index (κ1) is 12.9. The van der Waals surface area contributed by atoms with Crippen LogP contribution in [-0.4, -0.2) is 11.1 Å². The summed E-state index contributed by atoms with van der Waals surface area (Å²) < 4.78 is 0. The summed E-state index contributed by atoms with van der Waals surface area (Å²) in [6, 6.07) is 6.24. The van der Waals surface area contributed by atoms with Crippen molar-refractivity contribution < 1.29 is 9.90 Å². The van der Waals surface area contributed by atoms with Crippen LogP contribution in [0.25, 0.3) is 5.57 Å². The van der Waals surface area contributed by atoms with Gasteiger partial charge in [0.05, 0.1) is 0 Å². The van der Waals surface area contributed by atoms with Crippen LogP contribution in [0, 0.1) is 19.8 Å². The summed E-state index contributed by atoms with van der Waals surface area (Å²) in [5, 5.41) is 9.05. The van der Waals surface area contributed by atoms with Crippen molar-refractivity contribution in [1.82, 2.24) is 0 Å². The van der Waals surface area contributed by atoms with E-state index in [0.717, 1.165) is 24.0 Å². The van der Waals surface area contributed by atoms with E-state index < -0.39 is 5.97 Å². The Labute approximate surface area is 108 Å². The highest BCUT2D eigenvalue weighted by Crippen LogP contribution is 2.37. The van der Waals surface area contributed by atoms with Crippen molar-refractivity contribution in [3.05, 3.63) is 41.0 Å². The third kappa shape index (κ3) is 2.81. The first-order valence-electron chi connectivity index (χ1n) is 6.60. The summed E-state index contributed by atoms with van der Waals surface area (Å²) >= 11 is 0. The van der Waals surface area contributed by atoms with Crippen molar-refractivity contribution in [2.75, 3.05) is 0 Å². The fourth-order valence-electron chi connectivity index (χ4n) is 2.73. The normalized spacial score (nSPS) is 17.1. The molecular formula is C16H20O2. The van der Waals surface area contributed by atoms with Gasteiger partial charge in [-0.25, -0.2) is 4.79 Å². The highest BCUT2D eigenvalue weighted by molar-refractivity contribution is 5.90. The number of aliphatic carboxylic acids is 1. The van der Waals surface area contributed by atoms with Crippen LogP contribution in [0.5, 0.6) is 0 Å². The van der Waals surface area contributed by atoms with Crippen LogP contribution in [-0.2, 0) is 4.79 Å². The number of allylic oxidation sites excluding steroid dienone is 1. The molecule has 1 aromatic carbocycles. The highest BCUT2D eigenvalue weighted by atomic mass is 16.4. The number of carbonyl (C=O) groups is 1. The standard InChI is InChI=1S/C16H20O2/c1-11-7-8-14(9-12(11)2)15(10-16(17)18)13-5-3-4-6-13/h7-10,13H,3-6H2,1-2H3,(H,17,18)/b15-10+. The molecule has 2 rings (SSSR count). The van der Waals surface area contributed by atoms with E-state index in [9.17, 15) is 4.79 Å². The number of hydrogen-bond donors (Lipinski definition) is 1. The summed E-state index contributed by atoms with van der Waals surface area (Å²) in [5.41, 5.74) is 4.55. The second-order valence-corrected chi connectivity index (χ2v) is 5.22. The van der Waals surface area contributed by atoms with E-state index in [4.69, 9.17) is 5.11 Å². The quantitative estimate of drug-likeness (QED) is 0.817. The maximum absolute atomic E-state index is 11.0. The van der Waals surface area contributed by atoms with E-state index in [0.29, 0.717) is 5.92 Å². The van der Waals surface area contributed by atoms with Gasteiger partial charge in [-0.2, -0.15) is 0 Å². The molecule has 0 radical (unpaired) electrons. The molecule has 1 aromatic rings. The molecule has 18 heavy (non-hydrogen) atoms. The zero-order chi connectivity index (χ0) is 13.1. The van der Waals surface area contributed by atoms with Crippen molar-refractivity contribution in [3.8, 4) is 0 Å². The molecule has 0 saturated heterocycles. The maximum atomic E-state index is 11.0. The van der Waals surface area contributed by atoms with Gasteiger partial charge in [0.25, 0.3) is 0 Å². The molecule has 0 spiro atoms. The smallest absolute Gasteiger partial charge is 0.328 e. The average Bonchev–Trinajstić information content (AvgIpc) is 2.83. The van der Waals surface area contributed by atoms with Crippen LogP contribution in [0.2, 0.25) is 0 Å². The Hall–Kier alpha value is -1.57. The summed E-state index contributed by atoms with van der Waals surface area (Å²) in [6.07, 6.45) is 6.07.